The van der Waals surface area contributed by atoms with E-state index in [1.165, 1.54) is 0 Å². The zero-order valence-corrected chi connectivity index (χ0v) is 10.5. The van der Waals surface area contributed by atoms with Gasteiger partial charge in [0.15, 0.2) is 0 Å². The lowest BCUT2D eigenvalue weighted by atomic mass is 10.1. The first-order valence-corrected chi connectivity index (χ1v) is 5.69. The molecule has 0 aliphatic carbocycles. The fourth-order valence-electron chi connectivity index (χ4n) is 1.78. The summed E-state index contributed by atoms with van der Waals surface area (Å²) in [7, 11) is 1.92. The number of aromatic nitrogens is 1. The molecule has 92 valence electrons. The molecule has 0 atom stereocenters. The summed E-state index contributed by atoms with van der Waals surface area (Å²) in [5.74, 6) is 0.888. The number of para-hydroxylation sites is 1. The van der Waals surface area contributed by atoms with Crippen LogP contribution in [-0.2, 0) is 0 Å². The van der Waals surface area contributed by atoms with Gasteiger partial charge in [-0.2, -0.15) is 0 Å². The summed E-state index contributed by atoms with van der Waals surface area (Å²) in [6, 6.07) is 11.5. The van der Waals surface area contributed by atoms with Crippen LogP contribution in [0, 0.1) is 12.3 Å². The van der Waals surface area contributed by atoms with Crippen LogP contribution in [0.2, 0.25) is 0 Å². The molecule has 0 radical (unpaired) electrons. The van der Waals surface area contributed by atoms with Crippen molar-refractivity contribution in [2.75, 3.05) is 11.9 Å². The number of hydrogen-bond donors (Lipinski definition) is 2. The Balaban J connectivity index is 2.42. The van der Waals surface area contributed by atoms with Crippen molar-refractivity contribution in [3.05, 3.63) is 53.7 Å². The number of nitrogens with zero attached hydrogens (tertiary/aromatic N) is 2. The van der Waals surface area contributed by atoms with Gasteiger partial charge in [0.2, 0.25) is 0 Å². The lowest BCUT2D eigenvalue weighted by Crippen LogP contribution is -2.19. The van der Waals surface area contributed by atoms with Crippen LogP contribution in [0.25, 0.3) is 0 Å². The summed E-state index contributed by atoms with van der Waals surface area (Å²) in [6.07, 6.45) is 1.82. The topological polar surface area (TPSA) is 66.0 Å². The average Bonchev–Trinajstić information content (AvgIpc) is 2.39. The molecule has 2 rings (SSSR count). The standard InChI is InChI=1S/C14H16N4/c1-10-7-8-13(17-9-10)18(2)12-6-4-3-5-11(12)14(15)16/h3-9H,1-2H3,(H3,15,16). The van der Waals surface area contributed by atoms with Crippen molar-refractivity contribution in [3.8, 4) is 0 Å². The van der Waals surface area contributed by atoms with Crippen LogP contribution in [0.1, 0.15) is 11.1 Å². The maximum Gasteiger partial charge on any atom is 0.132 e. The second-order valence-electron chi connectivity index (χ2n) is 4.18. The number of nitrogens with one attached hydrogen (secondary N) is 1. The van der Waals surface area contributed by atoms with Gasteiger partial charge in [-0.3, -0.25) is 5.41 Å². The predicted molar refractivity (Wildman–Crippen MR) is 74.5 cm³/mol. The molecule has 0 spiro atoms. The highest BCUT2D eigenvalue weighted by Crippen LogP contribution is 2.25. The van der Waals surface area contributed by atoms with Crippen LogP contribution in [-0.4, -0.2) is 17.9 Å². The minimum Gasteiger partial charge on any atom is -0.384 e. The highest BCUT2D eigenvalue weighted by molar-refractivity contribution is 6.01. The Morgan fingerprint density at radius 3 is 2.56 bits per heavy atom. The maximum atomic E-state index is 7.60. The van der Waals surface area contributed by atoms with E-state index in [1.807, 2.05) is 61.5 Å². The molecule has 1 aromatic heterocycles. The first-order valence-electron chi connectivity index (χ1n) is 5.69. The fourth-order valence-corrected chi connectivity index (χ4v) is 1.78. The van der Waals surface area contributed by atoms with E-state index >= 15 is 0 Å². The summed E-state index contributed by atoms with van der Waals surface area (Å²) >= 11 is 0. The van der Waals surface area contributed by atoms with Crippen molar-refractivity contribution in [2.45, 2.75) is 6.92 Å². The molecule has 0 fully saturated rings. The van der Waals surface area contributed by atoms with Gasteiger partial charge < -0.3 is 10.6 Å². The van der Waals surface area contributed by atoms with Crippen LogP contribution in [0.4, 0.5) is 11.5 Å². The molecule has 0 amide bonds. The molecular formula is C14H16N4. The number of amidine groups is 1. The van der Waals surface area contributed by atoms with Crippen LogP contribution < -0.4 is 10.6 Å². The molecule has 1 heterocycles. The van der Waals surface area contributed by atoms with E-state index in [4.69, 9.17) is 11.1 Å². The summed E-state index contributed by atoms with van der Waals surface area (Å²) in [5.41, 5.74) is 8.30. The third kappa shape index (κ3) is 2.32. The monoisotopic (exact) mass is 240 g/mol. The lowest BCUT2D eigenvalue weighted by Gasteiger charge is -2.21. The van der Waals surface area contributed by atoms with E-state index in [-0.39, 0.29) is 5.84 Å². The second-order valence-corrected chi connectivity index (χ2v) is 4.18. The van der Waals surface area contributed by atoms with E-state index in [0.29, 0.717) is 5.56 Å². The normalized spacial score (nSPS) is 10.1. The van der Waals surface area contributed by atoms with Gasteiger partial charge >= 0.3 is 0 Å². The molecule has 0 aliphatic heterocycles. The molecule has 1 aromatic carbocycles. The van der Waals surface area contributed by atoms with Crippen LogP contribution in [0.3, 0.4) is 0 Å². The third-order valence-electron chi connectivity index (χ3n) is 2.79. The van der Waals surface area contributed by atoms with Crippen molar-refractivity contribution in [2.24, 2.45) is 5.73 Å². The van der Waals surface area contributed by atoms with Gasteiger partial charge in [0.1, 0.15) is 11.7 Å². The summed E-state index contributed by atoms with van der Waals surface area (Å²) in [5, 5.41) is 7.60. The Bertz CT molecular complexity index is 560. The molecule has 0 aliphatic rings. The predicted octanol–water partition coefficient (Wildman–Crippen LogP) is 2.44. The van der Waals surface area contributed by atoms with E-state index in [2.05, 4.69) is 4.98 Å². The molecule has 4 heteroatoms. The molecule has 0 bridgehead atoms. The fraction of sp³-hybridized carbons (Fsp3) is 0.143. The number of nitrogen functional groups attached to an aromatic ring is 1. The second kappa shape index (κ2) is 4.87. The average molecular weight is 240 g/mol. The SMILES string of the molecule is Cc1ccc(N(C)c2ccccc2C(=N)N)nc1. The van der Waals surface area contributed by atoms with Crippen LogP contribution >= 0.6 is 0 Å². The number of nitrogens with two attached hydrogens (primary N) is 1. The lowest BCUT2D eigenvalue weighted by molar-refractivity contribution is 1.11. The Morgan fingerprint density at radius 1 is 1.22 bits per heavy atom. The number of rotatable bonds is 3. The molecule has 2 aromatic rings. The van der Waals surface area contributed by atoms with Gasteiger partial charge in [-0.05, 0) is 30.7 Å². The van der Waals surface area contributed by atoms with Crippen LogP contribution in [0.15, 0.2) is 42.6 Å². The van der Waals surface area contributed by atoms with Crippen molar-refractivity contribution >= 4 is 17.3 Å². The Hall–Kier alpha value is -2.36. The Kier molecular flexibility index (Phi) is 3.28. The largest absolute Gasteiger partial charge is 0.384 e. The number of hydrogen-bond acceptors (Lipinski definition) is 3. The molecule has 4 nitrogen and oxygen atoms in total. The van der Waals surface area contributed by atoms with Crippen LogP contribution in [0.5, 0.6) is 0 Å². The number of pyridine rings is 1. The van der Waals surface area contributed by atoms with Gasteiger partial charge in [-0.25, -0.2) is 4.98 Å². The van der Waals surface area contributed by atoms with Crippen molar-refractivity contribution in [1.82, 2.24) is 4.98 Å². The molecular weight excluding hydrogens is 224 g/mol. The maximum absolute atomic E-state index is 7.60. The number of anilines is 2. The minimum absolute atomic E-state index is 0.0598. The smallest absolute Gasteiger partial charge is 0.132 e. The van der Waals surface area contributed by atoms with Crippen molar-refractivity contribution in [3.63, 3.8) is 0 Å². The Morgan fingerprint density at radius 2 is 1.94 bits per heavy atom. The summed E-state index contributed by atoms with van der Waals surface area (Å²) in [6.45, 7) is 2.00. The third-order valence-corrected chi connectivity index (χ3v) is 2.79. The summed E-state index contributed by atoms with van der Waals surface area (Å²) < 4.78 is 0. The van der Waals surface area contributed by atoms with Gasteiger partial charge in [0.05, 0.1) is 5.69 Å². The molecule has 3 N–H and O–H groups in total. The zero-order valence-electron chi connectivity index (χ0n) is 10.5. The highest BCUT2D eigenvalue weighted by Gasteiger charge is 2.11. The van der Waals surface area contributed by atoms with Crippen molar-refractivity contribution < 1.29 is 0 Å². The van der Waals surface area contributed by atoms with E-state index in [9.17, 15) is 0 Å². The zero-order chi connectivity index (χ0) is 13.1. The highest BCUT2D eigenvalue weighted by atomic mass is 15.2. The Labute approximate surface area is 107 Å². The quantitative estimate of drug-likeness (QED) is 0.639. The molecule has 0 saturated heterocycles. The number of aryl methyl sites for hydroxylation is 1. The molecule has 0 saturated carbocycles. The number of benzene rings is 1. The van der Waals surface area contributed by atoms with Gasteiger partial charge in [-0.1, -0.05) is 18.2 Å². The van der Waals surface area contributed by atoms with E-state index in [1.54, 1.807) is 0 Å². The van der Waals surface area contributed by atoms with Gasteiger partial charge in [0, 0.05) is 18.8 Å². The minimum atomic E-state index is 0.0598. The first-order chi connectivity index (χ1) is 8.59. The van der Waals surface area contributed by atoms with Crippen molar-refractivity contribution in [1.29, 1.82) is 5.41 Å². The van der Waals surface area contributed by atoms with Gasteiger partial charge in [0.25, 0.3) is 0 Å². The van der Waals surface area contributed by atoms with E-state index < -0.39 is 0 Å². The molecule has 0 unspecified atom stereocenters. The molecule has 18 heavy (non-hydrogen) atoms. The van der Waals surface area contributed by atoms with Gasteiger partial charge in [-0.15, -0.1) is 0 Å². The van der Waals surface area contributed by atoms with E-state index in [0.717, 1.165) is 17.1 Å². The summed E-state index contributed by atoms with van der Waals surface area (Å²) in [4.78, 5) is 6.30. The first kappa shape index (κ1) is 12.1.